The van der Waals surface area contributed by atoms with E-state index in [-0.39, 0.29) is 112 Å². The van der Waals surface area contributed by atoms with E-state index < -0.39 is 130 Å². The molecule has 4 aliphatic rings. The van der Waals surface area contributed by atoms with Crippen LogP contribution < -0.4 is 52.1 Å². The molecule has 9 rings (SSSR count). The third kappa shape index (κ3) is 18.6. The summed E-state index contributed by atoms with van der Waals surface area (Å²) in [6.45, 7) is 17.3. The zero-order chi connectivity index (χ0) is 78.0. The Hall–Kier alpha value is -10.2. The number of nitrogens with two attached hydrogens (primary N) is 1. The summed E-state index contributed by atoms with van der Waals surface area (Å²) in [5.74, 6) is -10.7. The Morgan fingerprint density at radius 2 is 1.55 bits per heavy atom. The molecular formula is C78H100N10O19. The molecule has 4 aliphatic heterocycles. The number of piperidine rings is 1. The number of ketones is 1. The molecule has 576 valence electrons. The van der Waals surface area contributed by atoms with Crippen LogP contribution in [0.3, 0.4) is 0 Å². The molecule has 0 unspecified atom stereocenters. The molecule has 29 nitrogen and oxygen atoms in total. The maximum Gasteiger partial charge on any atom is 0.312 e. The summed E-state index contributed by atoms with van der Waals surface area (Å²) in [6.07, 6.45) is 9.03. The number of nitrogens with one attached hydrogen (secondary N) is 5. The molecule has 4 aromatic carbocycles. The number of hydrogen-bond donors (Lipinski definition) is 9. The molecule has 0 spiro atoms. The van der Waals surface area contributed by atoms with E-state index in [0.29, 0.717) is 55.3 Å². The van der Waals surface area contributed by atoms with Crippen LogP contribution in [0.15, 0.2) is 93.9 Å². The lowest BCUT2D eigenvalue weighted by Gasteiger charge is -2.38. The Balaban J connectivity index is 1.07. The molecule has 0 saturated carbocycles. The third-order valence-corrected chi connectivity index (χ3v) is 20.6. The summed E-state index contributed by atoms with van der Waals surface area (Å²) in [7, 11) is 5.48. The highest BCUT2D eigenvalue weighted by Crippen LogP contribution is 2.49. The van der Waals surface area contributed by atoms with Gasteiger partial charge in [-0.15, -0.1) is 0 Å². The molecule has 5 heterocycles. The van der Waals surface area contributed by atoms with E-state index in [0.717, 1.165) is 17.7 Å². The topological polar surface area (TPSA) is 399 Å². The third-order valence-electron chi connectivity index (χ3n) is 20.6. The number of anilines is 3. The number of aliphatic hydroxyl groups excluding tert-OH is 2. The van der Waals surface area contributed by atoms with E-state index >= 15 is 9.59 Å². The Bertz CT molecular complexity index is 4390. The van der Waals surface area contributed by atoms with Crippen molar-refractivity contribution in [3.05, 3.63) is 112 Å². The monoisotopic (exact) mass is 1480 g/mol. The maximum atomic E-state index is 15.4. The second kappa shape index (κ2) is 35.0. The number of aromatic nitrogens is 1. The van der Waals surface area contributed by atoms with Gasteiger partial charge in [0.15, 0.2) is 28.1 Å². The summed E-state index contributed by atoms with van der Waals surface area (Å²) in [6, 6.07) is 7.59. The molecular weight excluding hydrogens is 1380 g/mol. The summed E-state index contributed by atoms with van der Waals surface area (Å²) in [5.41, 5.74) is 5.38. The number of benzene rings is 4. The van der Waals surface area contributed by atoms with Crippen LogP contribution in [0.25, 0.3) is 33.0 Å². The number of aromatic hydroxyl groups is 1. The van der Waals surface area contributed by atoms with Gasteiger partial charge in [0.25, 0.3) is 23.5 Å². The van der Waals surface area contributed by atoms with Crippen molar-refractivity contribution in [1.29, 1.82) is 0 Å². The number of aliphatic hydroxyl groups is 2. The number of nitrogens with zero attached hydrogens (tertiary/aromatic N) is 4. The van der Waals surface area contributed by atoms with Crippen LogP contribution in [-0.4, -0.2) is 179 Å². The first kappa shape index (κ1) is 80.9. The standard InChI is InChI=1S/C78H100N10O19/c1-40(2)62(83-56(90)22-15-14-16-33-88-57(91)27-28-58(88)92)76(100)82-52(21-18-32-80-77(79)101)75(99)81-49-25-23-48(24-26-49)39-103-54-37-51(87-34-29-50(30-35-87)86(11)12)38-55-63(54)84-64-59-60-68(95)46(8)71-61(59)73(97)78(10,107-71)104-36-31-53(102-13)43(5)70(105-47(9)89)45(7)67(94)44(6)66(93)41(3)19-17-20-42(4)74(98)85-65(69(60)96)72(64)106-55/h17,19-20,23-28,31,36-38,40-41,43-45,50,52-53,62,66-67,70,93-94,96H,14-16,18,21-22,29-30,32-35,39H2,1-13H3,(H,81,99)(H,82,100)(H,83,90)(H,85,98)(H3,79,80,101)/b19-17+,36-31+,42-20-/t41-,43+,44+,45+,52-,53-,62-,66-,67+,70+,78-/m0/s1. The summed E-state index contributed by atoms with van der Waals surface area (Å²) in [5, 5.41) is 49.2. The number of carbonyl (C=O) groups is 9. The first-order chi connectivity index (χ1) is 50.7. The number of Topliss-reactive ketones (excluding diaryl/α,β-unsaturated/α-hetero) is 1. The zero-order valence-corrected chi connectivity index (χ0v) is 62.9. The first-order valence-corrected chi connectivity index (χ1v) is 36.3. The predicted octanol–water partition coefficient (Wildman–Crippen LogP) is 7.60. The van der Waals surface area contributed by atoms with Crippen molar-refractivity contribution in [2.75, 3.05) is 62.9 Å². The van der Waals surface area contributed by atoms with E-state index in [9.17, 15) is 53.7 Å². The molecule has 4 bridgehead atoms. The molecule has 5 aromatic rings. The number of hydrogen-bond acceptors (Lipinski definition) is 22. The van der Waals surface area contributed by atoms with Crippen LogP contribution in [0.5, 0.6) is 17.2 Å². The fourth-order valence-electron chi connectivity index (χ4n) is 14.1. The van der Waals surface area contributed by atoms with E-state index in [1.807, 2.05) is 14.1 Å². The number of phenolic OH excluding ortho intramolecular Hbond substituents is 1. The van der Waals surface area contributed by atoms with Crippen LogP contribution in [0, 0.1) is 36.5 Å². The van der Waals surface area contributed by atoms with Crippen LogP contribution >= 0.6 is 0 Å². The highest BCUT2D eigenvalue weighted by atomic mass is 16.7. The molecule has 107 heavy (non-hydrogen) atoms. The normalized spacial score (nSPS) is 24.1. The largest absolute Gasteiger partial charge is 0.505 e. The van der Waals surface area contributed by atoms with Gasteiger partial charge in [-0.2, -0.15) is 0 Å². The quantitative estimate of drug-likeness (QED) is 0.00758. The van der Waals surface area contributed by atoms with Crippen LogP contribution in [0.2, 0.25) is 0 Å². The Morgan fingerprint density at radius 1 is 0.860 bits per heavy atom. The second-order valence-electron chi connectivity index (χ2n) is 28.9. The molecule has 1 aromatic heterocycles. The van der Waals surface area contributed by atoms with E-state index in [1.54, 1.807) is 90.1 Å². The number of unbranched alkanes of at least 4 members (excludes halogenated alkanes) is 2. The summed E-state index contributed by atoms with van der Waals surface area (Å²) < 4.78 is 38.0. The van der Waals surface area contributed by atoms with E-state index in [1.165, 1.54) is 65.4 Å². The van der Waals surface area contributed by atoms with Gasteiger partial charge < -0.3 is 85.5 Å². The Kier molecular flexibility index (Phi) is 26.4. The van der Waals surface area contributed by atoms with Crippen molar-refractivity contribution >= 4 is 103 Å². The molecule has 8 amide bonds. The molecule has 0 aliphatic carbocycles. The van der Waals surface area contributed by atoms with Crippen LogP contribution in [-0.2, 0) is 54.4 Å². The number of esters is 1. The average Bonchev–Trinajstić information content (AvgIpc) is 1.65. The second-order valence-corrected chi connectivity index (χ2v) is 28.9. The van der Waals surface area contributed by atoms with Gasteiger partial charge >= 0.3 is 17.8 Å². The lowest BCUT2D eigenvalue weighted by molar-refractivity contribution is -0.160. The summed E-state index contributed by atoms with van der Waals surface area (Å²) >= 11 is 0. The fraction of sp³-hybridized carbons (Fsp3) is 0.500. The fourth-order valence-corrected chi connectivity index (χ4v) is 14.1. The molecule has 1 saturated heterocycles. The van der Waals surface area contributed by atoms with Gasteiger partial charge in [-0.1, -0.05) is 78.3 Å². The van der Waals surface area contributed by atoms with Crippen molar-refractivity contribution in [1.82, 2.24) is 30.7 Å². The number of carbonyl (C=O) groups excluding carboxylic acids is 9. The SMILES string of the molecule is CO[C@H]1/C=C/O[C@@]2(C)Oc3c(C)c(=O)c4c(O)c(c5oc6cc(N7CCC(N(C)C)CC7)cc(OCc7ccc(NC(=O)[C@H](CCCNC(N)=O)NC(=O)[C@@H](NC(=O)CCCCCN8C(=O)C=CC8=O)C(C)C)cc7)c6nc5c4c3C2=O)NC(=O)/C(C)=C\C=C\[C@H](C)[C@H](O)[C@@H](C)[C@@H](O)[C@@H](C)[C@H](OC(C)=O)[C@@H]1C. The number of ether oxygens (including phenoxy) is 5. The Morgan fingerprint density at radius 3 is 2.20 bits per heavy atom. The number of methoxy groups -OCH3 is 1. The number of phenols is 1. The average molecular weight is 1480 g/mol. The van der Waals surface area contributed by atoms with Crippen molar-refractivity contribution in [2.24, 2.45) is 35.3 Å². The van der Waals surface area contributed by atoms with Gasteiger partial charge in [-0.25, -0.2) is 9.78 Å². The summed E-state index contributed by atoms with van der Waals surface area (Å²) in [4.78, 5) is 145. The van der Waals surface area contributed by atoms with Gasteiger partial charge in [0.1, 0.15) is 47.3 Å². The lowest BCUT2D eigenvalue weighted by atomic mass is 9.78. The maximum absolute atomic E-state index is 15.4. The molecule has 1 fully saturated rings. The highest BCUT2D eigenvalue weighted by molar-refractivity contribution is 6.26. The van der Waals surface area contributed by atoms with Crippen molar-refractivity contribution in [2.45, 2.75) is 176 Å². The lowest BCUT2D eigenvalue weighted by Crippen LogP contribution is -2.54. The Labute approximate surface area is 620 Å². The smallest absolute Gasteiger partial charge is 0.312 e. The van der Waals surface area contributed by atoms with Gasteiger partial charge in [0, 0.05) is 135 Å². The highest BCUT2D eigenvalue weighted by Gasteiger charge is 2.50. The van der Waals surface area contributed by atoms with Crippen molar-refractivity contribution in [3.8, 4) is 17.2 Å². The number of urea groups is 1. The minimum absolute atomic E-state index is 0.0604. The minimum atomic E-state index is -2.19. The van der Waals surface area contributed by atoms with Crippen molar-refractivity contribution < 1.29 is 86.6 Å². The number of primary amides is 1. The van der Waals surface area contributed by atoms with E-state index in [2.05, 4.69) is 36.4 Å². The number of imide groups is 1. The first-order valence-electron chi connectivity index (χ1n) is 36.3. The van der Waals surface area contributed by atoms with Crippen LogP contribution in [0.4, 0.5) is 21.9 Å². The van der Waals surface area contributed by atoms with Gasteiger partial charge in [0.2, 0.25) is 17.7 Å². The van der Waals surface area contributed by atoms with Crippen LogP contribution in [0.1, 0.15) is 135 Å². The van der Waals surface area contributed by atoms with Crippen molar-refractivity contribution in [3.63, 3.8) is 0 Å². The number of amides is 8. The minimum Gasteiger partial charge on any atom is -0.505 e. The molecule has 11 atom stereocenters. The number of allylic oxidation sites excluding steroid dienone is 2. The predicted molar refractivity (Wildman–Crippen MR) is 400 cm³/mol. The van der Waals surface area contributed by atoms with E-state index in [4.69, 9.17) is 38.8 Å². The molecule has 0 radical (unpaired) electrons. The van der Waals surface area contributed by atoms with Gasteiger partial charge in [0.05, 0.1) is 35.5 Å². The molecule has 10 N–H and O–H groups in total. The zero-order valence-electron chi connectivity index (χ0n) is 62.9. The van der Waals surface area contributed by atoms with Gasteiger partial charge in [-0.05, 0) is 96.2 Å². The molecule has 29 heteroatoms. The number of rotatable bonds is 23. The number of fused-ring (bicyclic) bond motifs is 2. The van der Waals surface area contributed by atoms with Gasteiger partial charge in [-0.3, -0.25) is 48.1 Å².